The zero-order valence-corrected chi connectivity index (χ0v) is 20.1. The summed E-state index contributed by atoms with van der Waals surface area (Å²) in [5.41, 5.74) is 0.983. The lowest BCUT2D eigenvalue weighted by atomic mass is 10.0. The molecule has 2 heterocycles. The summed E-state index contributed by atoms with van der Waals surface area (Å²) < 4.78 is 30.9. The number of fused-ring (bicyclic) bond motifs is 3. The highest BCUT2D eigenvalue weighted by Gasteiger charge is 2.36. The van der Waals surface area contributed by atoms with E-state index < -0.39 is 23.4 Å². The van der Waals surface area contributed by atoms with Gasteiger partial charge in [-0.15, -0.1) is 0 Å². The van der Waals surface area contributed by atoms with E-state index in [1.807, 2.05) is 6.07 Å². The number of nitrogens with one attached hydrogen (secondary N) is 2. The molecule has 2 aromatic carbocycles. The van der Waals surface area contributed by atoms with Gasteiger partial charge in [0, 0.05) is 54.2 Å². The maximum Gasteiger partial charge on any atom is 0.334 e. The second-order valence-corrected chi connectivity index (χ2v) is 8.36. The lowest BCUT2D eigenvalue weighted by Gasteiger charge is -2.28. The van der Waals surface area contributed by atoms with E-state index in [1.54, 1.807) is 25.1 Å². The van der Waals surface area contributed by atoms with Crippen LogP contribution in [-0.4, -0.2) is 48.9 Å². The van der Waals surface area contributed by atoms with Crippen LogP contribution in [0.3, 0.4) is 0 Å². The van der Waals surface area contributed by atoms with Gasteiger partial charge in [-0.3, -0.25) is 9.80 Å². The number of amides is 2. The molecule has 2 amide bonds. The fourth-order valence-corrected chi connectivity index (χ4v) is 4.21. The molecule has 0 atom stereocenters. The van der Waals surface area contributed by atoms with Crippen molar-refractivity contribution < 1.29 is 18.7 Å². The summed E-state index contributed by atoms with van der Waals surface area (Å²) in [5.74, 6) is -1.64. The van der Waals surface area contributed by atoms with Crippen molar-refractivity contribution in [3.63, 3.8) is 0 Å². The molecule has 0 saturated heterocycles. The number of rotatable bonds is 8. The van der Waals surface area contributed by atoms with Crippen molar-refractivity contribution in [2.45, 2.75) is 6.92 Å². The number of aromatic nitrogens is 1. The average molecular weight is 513 g/mol. The zero-order valence-electron chi connectivity index (χ0n) is 19.4. The van der Waals surface area contributed by atoms with Gasteiger partial charge < -0.3 is 15.7 Å². The maximum atomic E-state index is 15.5. The van der Waals surface area contributed by atoms with Crippen LogP contribution in [0.4, 0.5) is 36.5 Å². The predicted octanol–water partition coefficient (Wildman–Crippen LogP) is 4.64. The fourth-order valence-electron chi connectivity index (χ4n) is 4.05. The Hall–Kier alpha value is -3.78. The van der Waals surface area contributed by atoms with Crippen molar-refractivity contribution in [1.29, 1.82) is 5.26 Å². The van der Waals surface area contributed by atoms with Crippen molar-refractivity contribution in [2.75, 3.05) is 47.9 Å². The standard InChI is InChI=1S/C25H23ClF2N6O2/c1-2-33-24-19(9-15(13-29)14-32-24)18-4-3-16(26)10-22(18)34(25(33)36)23-20(27)11-17(12-21(23)28)31-6-5-30-7-8-35/h3-4,9-12,14,30-31,35H,2,5-8H2,1H3. The Bertz CT molecular complexity index is 1320. The molecule has 186 valence electrons. The molecule has 4 rings (SSSR count). The summed E-state index contributed by atoms with van der Waals surface area (Å²) in [6.45, 7) is 3.11. The topological polar surface area (TPSA) is 105 Å². The third-order valence-corrected chi connectivity index (χ3v) is 5.88. The molecule has 0 unspecified atom stereocenters. The number of carbonyl (C=O) groups excluding carboxylic acids is 1. The highest BCUT2D eigenvalue weighted by atomic mass is 35.5. The Morgan fingerprint density at radius 3 is 2.53 bits per heavy atom. The largest absolute Gasteiger partial charge is 0.395 e. The van der Waals surface area contributed by atoms with Gasteiger partial charge in [0.25, 0.3) is 0 Å². The van der Waals surface area contributed by atoms with Gasteiger partial charge >= 0.3 is 6.03 Å². The third kappa shape index (κ3) is 4.81. The number of nitriles is 1. The summed E-state index contributed by atoms with van der Waals surface area (Å²) in [6, 6.07) is 9.80. The number of anilines is 4. The van der Waals surface area contributed by atoms with Crippen LogP contribution in [-0.2, 0) is 0 Å². The van der Waals surface area contributed by atoms with Crippen LogP contribution in [0.15, 0.2) is 42.6 Å². The Balaban J connectivity index is 1.83. The highest BCUT2D eigenvalue weighted by Crippen LogP contribution is 2.45. The van der Waals surface area contributed by atoms with Gasteiger partial charge in [0.1, 0.15) is 17.6 Å². The minimum Gasteiger partial charge on any atom is -0.395 e. The third-order valence-electron chi connectivity index (χ3n) is 5.64. The van der Waals surface area contributed by atoms with E-state index in [0.717, 1.165) is 17.0 Å². The summed E-state index contributed by atoms with van der Waals surface area (Å²) in [4.78, 5) is 20.3. The SMILES string of the molecule is CCN1C(=O)N(c2c(F)cc(NCCNCCO)cc2F)c2cc(Cl)ccc2-c2cc(C#N)cnc21. The minimum atomic E-state index is -0.951. The number of pyridine rings is 1. The molecule has 3 N–H and O–H groups in total. The van der Waals surface area contributed by atoms with Crippen molar-refractivity contribution in [1.82, 2.24) is 10.3 Å². The summed E-state index contributed by atoms with van der Waals surface area (Å²) >= 11 is 6.25. The summed E-state index contributed by atoms with van der Waals surface area (Å²) in [6.07, 6.45) is 1.34. The Kier molecular flexibility index (Phi) is 7.64. The molecule has 1 aromatic heterocycles. The smallest absolute Gasteiger partial charge is 0.334 e. The van der Waals surface area contributed by atoms with Crippen molar-refractivity contribution in [2.24, 2.45) is 0 Å². The number of carbonyl (C=O) groups is 1. The number of hydrogen-bond donors (Lipinski definition) is 3. The molecular weight excluding hydrogens is 490 g/mol. The molecule has 3 aromatic rings. The Morgan fingerprint density at radius 2 is 1.86 bits per heavy atom. The first-order chi connectivity index (χ1) is 17.4. The summed E-state index contributed by atoms with van der Waals surface area (Å²) in [5, 5.41) is 24.3. The number of urea groups is 1. The van der Waals surface area contributed by atoms with Gasteiger partial charge in [-0.1, -0.05) is 17.7 Å². The van der Waals surface area contributed by atoms with Crippen molar-refractivity contribution in [3.05, 3.63) is 64.8 Å². The van der Waals surface area contributed by atoms with Gasteiger partial charge in [-0.25, -0.2) is 18.6 Å². The predicted molar refractivity (Wildman–Crippen MR) is 135 cm³/mol. The van der Waals surface area contributed by atoms with E-state index in [0.29, 0.717) is 30.8 Å². The van der Waals surface area contributed by atoms with E-state index in [9.17, 15) is 10.1 Å². The number of aliphatic hydroxyl groups is 1. The van der Waals surface area contributed by atoms with Crippen LogP contribution in [0.2, 0.25) is 5.02 Å². The van der Waals surface area contributed by atoms with Gasteiger partial charge in [0.05, 0.1) is 17.9 Å². The molecule has 1 aliphatic heterocycles. The van der Waals surface area contributed by atoms with E-state index in [4.69, 9.17) is 16.7 Å². The van der Waals surface area contributed by atoms with E-state index in [1.165, 1.54) is 17.2 Å². The van der Waals surface area contributed by atoms with Crippen LogP contribution < -0.4 is 20.4 Å². The number of halogens is 3. The first-order valence-corrected chi connectivity index (χ1v) is 11.6. The summed E-state index contributed by atoms with van der Waals surface area (Å²) in [7, 11) is 0. The number of nitrogens with zero attached hydrogens (tertiary/aromatic N) is 4. The van der Waals surface area contributed by atoms with Gasteiger partial charge in [0.2, 0.25) is 0 Å². The maximum absolute atomic E-state index is 15.5. The van der Waals surface area contributed by atoms with E-state index >= 15 is 8.78 Å². The first-order valence-electron chi connectivity index (χ1n) is 11.3. The number of benzene rings is 2. The molecule has 1 aliphatic rings. The lowest BCUT2D eigenvalue weighted by molar-refractivity contribution is 0.253. The number of aliphatic hydroxyl groups excluding tert-OH is 1. The van der Waals surface area contributed by atoms with Gasteiger partial charge in [0.15, 0.2) is 11.6 Å². The lowest BCUT2D eigenvalue weighted by Crippen LogP contribution is -2.41. The molecule has 36 heavy (non-hydrogen) atoms. The molecule has 0 aliphatic carbocycles. The zero-order chi connectivity index (χ0) is 25.8. The molecule has 0 bridgehead atoms. The molecular formula is C25H23ClF2N6O2. The van der Waals surface area contributed by atoms with E-state index in [2.05, 4.69) is 15.6 Å². The van der Waals surface area contributed by atoms with E-state index in [-0.39, 0.29) is 40.9 Å². The Morgan fingerprint density at radius 1 is 1.11 bits per heavy atom. The molecule has 8 nitrogen and oxygen atoms in total. The first kappa shape index (κ1) is 25.3. The monoisotopic (exact) mass is 512 g/mol. The van der Waals surface area contributed by atoms with Gasteiger partial charge in [-0.05, 0) is 37.3 Å². The van der Waals surface area contributed by atoms with Gasteiger partial charge in [-0.2, -0.15) is 5.26 Å². The van der Waals surface area contributed by atoms with Crippen LogP contribution >= 0.6 is 11.6 Å². The van der Waals surface area contributed by atoms with Crippen molar-refractivity contribution in [3.8, 4) is 17.2 Å². The Labute approximate surface area is 211 Å². The second kappa shape index (κ2) is 10.9. The number of hydrogen-bond acceptors (Lipinski definition) is 6. The quantitative estimate of drug-likeness (QED) is 0.380. The second-order valence-electron chi connectivity index (χ2n) is 7.92. The highest BCUT2D eigenvalue weighted by molar-refractivity contribution is 6.31. The van der Waals surface area contributed by atoms with Crippen LogP contribution in [0.5, 0.6) is 0 Å². The fraction of sp³-hybridized carbons (Fsp3) is 0.240. The van der Waals surface area contributed by atoms with Crippen LogP contribution in [0.1, 0.15) is 12.5 Å². The molecule has 0 radical (unpaired) electrons. The van der Waals surface area contributed by atoms with Crippen LogP contribution in [0.25, 0.3) is 11.1 Å². The molecule has 11 heteroatoms. The molecule has 0 spiro atoms. The van der Waals surface area contributed by atoms with Crippen LogP contribution in [0, 0.1) is 23.0 Å². The van der Waals surface area contributed by atoms with Crippen molar-refractivity contribution >= 4 is 40.5 Å². The normalized spacial score (nSPS) is 12.6. The minimum absolute atomic E-state index is 0.0146. The average Bonchev–Trinajstić information content (AvgIpc) is 2.95. The molecule has 0 saturated carbocycles. The molecule has 0 fully saturated rings.